The molecule has 0 spiro atoms. The van der Waals surface area contributed by atoms with E-state index in [0.29, 0.717) is 22.0 Å². The van der Waals surface area contributed by atoms with E-state index in [0.717, 1.165) is 9.13 Å². The summed E-state index contributed by atoms with van der Waals surface area (Å²) in [6.45, 7) is 0. The standard InChI is InChI=1S/C27H18ClIN2O4/c28-17-11-12-21-16(14-17)10-13-22-27(15-30,26(33)34)23(19-8-4-5-9-20(19)29)24(31(21)22)25(32)35-18-6-2-1-3-7-18/h1-14,22-24H,(H,33,34)/t22-,23-,24+,27-/m1/s1. The summed E-state index contributed by atoms with van der Waals surface area (Å²) in [7, 11) is 0. The third kappa shape index (κ3) is 3.68. The Hall–Kier alpha value is -3.35. The number of carbonyl (C=O) groups excluding carboxylic acids is 1. The zero-order valence-corrected chi connectivity index (χ0v) is 21.1. The van der Waals surface area contributed by atoms with Crippen molar-refractivity contribution in [3.05, 3.63) is 98.6 Å². The number of carboxylic acid groups (broad SMARTS) is 1. The Morgan fingerprint density at radius 3 is 2.49 bits per heavy atom. The van der Waals surface area contributed by atoms with Crippen LogP contribution in [0.1, 0.15) is 17.0 Å². The van der Waals surface area contributed by atoms with Crippen LogP contribution in [0, 0.1) is 20.3 Å². The first-order valence-corrected chi connectivity index (χ1v) is 12.3. The Bertz CT molecular complexity index is 1400. The Labute approximate surface area is 220 Å². The lowest BCUT2D eigenvalue weighted by molar-refractivity contribution is -0.146. The third-order valence-electron chi connectivity index (χ3n) is 6.58. The van der Waals surface area contributed by atoms with Gasteiger partial charge < -0.3 is 14.7 Å². The van der Waals surface area contributed by atoms with Gasteiger partial charge in [-0.2, -0.15) is 5.26 Å². The summed E-state index contributed by atoms with van der Waals surface area (Å²) in [5.74, 6) is -2.60. The highest BCUT2D eigenvalue weighted by atomic mass is 127. The molecule has 0 aromatic heterocycles. The van der Waals surface area contributed by atoms with E-state index in [-0.39, 0.29) is 0 Å². The van der Waals surface area contributed by atoms with Crippen molar-refractivity contribution in [2.24, 2.45) is 5.41 Å². The van der Waals surface area contributed by atoms with Crippen LogP contribution in [-0.4, -0.2) is 29.1 Å². The average molecular weight is 597 g/mol. The predicted octanol–water partition coefficient (Wildman–Crippen LogP) is 5.51. The lowest BCUT2D eigenvalue weighted by atomic mass is 9.69. The van der Waals surface area contributed by atoms with Gasteiger partial charge in [-0.25, -0.2) is 4.79 Å². The summed E-state index contributed by atoms with van der Waals surface area (Å²) < 4.78 is 6.52. The quantitative estimate of drug-likeness (QED) is 0.243. The van der Waals surface area contributed by atoms with Crippen LogP contribution in [0.4, 0.5) is 5.69 Å². The molecule has 1 fully saturated rings. The van der Waals surface area contributed by atoms with Crippen LogP contribution in [0.15, 0.2) is 78.9 Å². The fourth-order valence-electron chi connectivity index (χ4n) is 5.12. The van der Waals surface area contributed by atoms with Crippen LogP contribution in [-0.2, 0) is 9.59 Å². The van der Waals surface area contributed by atoms with Gasteiger partial charge >= 0.3 is 11.9 Å². The fraction of sp³-hybridized carbons (Fsp3) is 0.148. The van der Waals surface area contributed by atoms with Gasteiger partial charge in [-0.05, 0) is 70.1 Å². The lowest BCUT2D eigenvalue weighted by Gasteiger charge is -2.35. The molecule has 35 heavy (non-hydrogen) atoms. The number of nitriles is 1. The van der Waals surface area contributed by atoms with E-state index in [1.54, 1.807) is 77.7 Å². The van der Waals surface area contributed by atoms with Gasteiger partial charge in [-0.3, -0.25) is 4.79 Å². The molecule has 0 bridgehead atoms. The molecule has 4 atom stereocenters. The molecule has 0 unspecified atom stereocenters. The topological polar surface area (TPSA) is 90.6 Å². The molecule has 3 aromatic carbocycles. The second-order valence-corrected chi connectivity index (χ2v) is 9.98. The second kappa shape index (κ2) is 9.02. The van der Waals surface area contributed by atoms with Crippen molar-refractivity contribution in [3.8, 4) is 11.8 Å². The van der Waals surface area contributed by atoms with Crippen molar-refractivity contribution in [3.63, 3.8) is 0 Å². The first-order chi connectivity index (χ1) is 16.9. The number of nitrogens with zero attached hydrogens (tertiary/aromatic N) is 2. The Morgan fingerprint density at radius 2 is 1.80 bits per heavy atom. The molecule has 0 aliphatic carbocycles. The van der Waals surface area contributed by atoms with Gasteiger partial charge in [0.1, 0.15) is 11.8 Å². The van der Waals surface area contributed by atoms with Crippen LogP contribution in [0.2, 0.25) is 5.02 Å². The maximum atomic E-state index is 13.8. The largest absolute Gasteiger partial charge is 0.480 e. The van der Waals surface area contributed by atoms with E-state index in [4.69, 9.17) is 16.3 Å². The van der Waals surface area contributed by atoms with Gasteiger partial charge in [0.05, 0.1) is 12.1 Å². The number of anilines is 1. The SMILES string of the molecule is N#C[C@]1(C(=O)O)[C@H](c2ccccc2I)[C@@H](C(=O)Oc2ccccc2)N2c3ccc(Cl)cc3C=C[C@@H]21. The molecule has 3 aromatic rings. The highest BCUT2D eigenvalue weighted by molar-refractivity contribution is 14.1. The Kier molecular flexibility index (Phi) is 6.03. The summed E-state index contributed by atoms with van der Waals surface area (Å²) in [5.41, 5.74) is -0.00125. The number of hydrogen-bond acceptors (Lipinski definition) is 5. The monoisotopic (exact) mass is 596 g/mol. The molecular weight excluding hydrogens is 579 g/mol. The minimum Gasteiger partial charge on any atom is -0.480 e. The maximum absolute atomic E-state index is 13.8. The molecule has 2 aliphatic heterocycles. The first kappa shape index (κ1) is 23.4. The summed E-state index contributed by atoms with van der Waals surface area (Å²) in [5, 5.41) is 21.5. The van der Waals surface area contributed by atoms with E-state index in [2.05, 4.69) is 28.7 Å². The Morgan fingerprint density at radius 1 is 1.09 bits per heavy atom. The highest BCUT2D eigenvalue weighted by Gasteiger charge is 2.67. The summed E-state index contributed by atoms with van der Waals surface area (Å²) in [4.78, 5) is 28.5. The third-order valence-corrected chi connectivity index (χ3v) is 7.80. The van der Waals surface area contributed by atoms with E-state index in [9.17, 15) is 20.0 Å². The van der Waals surface area contributed by atoms with Crippen molar-refractivity contribution in [1.29, 1.82) is 5.26 Å². The van der Waals surface area contributed by atoms with Gasteiger partial charge in [0, 0.05) is 20.2 Å². The van der Waals surface area contributed by atoms with Crippen molar-refractivity contribution in [2.45, 2.75) is 18.0 Å². The number of carbonyl (C=O) groups is 2. The zero-order chi connectivity index (χ0) is 24.7. The number of carboxylic acids is 1. The molecule has 1 N–H and O–H groups in total. The zero-order valence-electron chi connectivity index (χ0n) is 18.1. The van der Waals surface area contributed by atoms with Gasteiger partial charge in [0.25, 0.3) is 0 Å². The molecular formula is C27H18ClIN2O4. The number of para-hydroxylation sites is 1. The molecule has 0 saturated carbocycles. The first-order valence-electron chi connectivity index (χ1n) is 10.8. The summed E-state index contributed by atoms with van der Waals surface area (Å²) in [6, 6.07) is 21.1. The normalized spacial score (nSPS) is 24.3. The molecule has 5 rings (SSSR count). The van der Waals surface area contributed by atoms with Crippen molar-refractivity contribution in [1.82, 2.24) is 0 Å². The van der Waals surface area contributed by atoms with Gasteiger partial charge in [0.2, 0.25) is 0 Å². The van der Waals surface area contributed by atoms with Crippen LogP contribution in [0.3, 0.4) is 0 Å². The van der Waals surface area contributed by atoms with E-state index < -0.39 is 35.4 Å². The van der Waals surface area contributed by atoms with Crippen LogP contribution < -0.4 is 9.64 Å². The van der Waals surface area contributed by atoms with Crippen molar-refractivity contribution < 1.29 is 19.4 Å². The fourth-order valence-corrected chi connectivity index (χ4v) is 6.02. The average Bonchev–Trinajstić information content (AvgIpc) is 3.16. The maximum Gasteiger partial charge on any atom is 0.334 e. The molecule has 2 aliphatic rings. The van der Waals surface area contributed by atoms with E-state index in [1.807, 2.05) is 12.1 Å². The minimum atomic E-state index is -1.95. The molecule has 0 amide bonds. The van der Waals surface area contributed by atoms with Crippen LogP contribution >= 0.6 is 34.2 Å². The smallest absolute Gasteiger partial charge is 0.334 e. The van der Waals surface area contributed by atoms with Gasteiger partial charge in [-0.15, -0.1) is 0 Å². The number of esters is 1. The molecule has 1 saturated heterocycles. The minimum absolute atomic E-state index is 0.337. The summed E-state index contributed by atoms with van der Waals surface area (Å²) in [6.07, 6.45) is 3.43. The highest BCUT2D eigenvalue weighted by Crippen LogP contribution is 2.56. The van der Waals surface area contributed by atoms with Gasteiger partial charge in [0.15, 0.2) is 5.41 Å². The number of benzene rings is 3. The van der Waals surface area contributed by atoms with Gasteiger partial charge in [-0.1, -0.05) is 60.2 Å². The lowest BCUT2D eigenvalue weighted by Crippen LogP contribution is -2.47. The van der Waals surface area contributed by atoms with E-state index in [1.165, 1.54) is 0 Å². The number of hydrogen-bond donors (Lipinski definition) is 1. The van der Waals surface area contributed by atoms with Crippen molar-refractivity contribution >= 4 is 57.9 Å². The number of ether oxygens (including phenoxy) is 1. The molecule has 6 nitrogen and oxygen atoms in total. The summed E-state index contributed by atoms with van der Waals surface area (Å²) >= 11 is 8.33. The Balaban J connectivity index is 1.77. The van der Waals surface area contributed by atoms with Crippen molar-refractivity contribution in [2.75, 3.05) is 4.90 Å². The molecule has 2 heterocycles. The molecule has 174 valence electrons. The van der Waals surface area contributed by atoms with E-state index >= 15 is 0 Å². The predicted molar refractivity (Wildman–Crippen MR) is 140 cm³/mol. The number of halogens is 2. The number of fused-ring (bicyclic) bond motifs is 3. The van der Waals surface area contributed by atoms with Crippen LogP contribution in [0.25, 0.3) is 6.08 Å². The molecule has 8 heteroatoms. The molecule has 0 radical (unpaired) electrons. The second-order valence-electron chi connectivity index (χ2n) is 8.38. The van der Waals surface area contributed by atoms with Crippen LogP contribution in [0.5, 0.6) is 5.75 Å². The number of aliphatic carboxylic acids is 1. The number of rotatable bonds is 4.